The molecule has 0 unspecified atom stereocenters. The molecule has 2 fully saturated rings. The van der Waals surface area contributed by atoms with E-state index < -0.39 is 0 Å². The van der Waals surface area contributed by atoms with Crippen molar-refractivity contribution >= 4 is 0 Å². The lowest BCUT2D eigenvalue weighted by atomic mass is 9.84. The molecule has 0 bridgehead atoms. The first-order valence-electron chi connectivity index (χ1n) is 13.4. The van der Waals surface area contributed by atoms with Crippen LogP contribution in [0.4, 0.5) is 8.78 Å². The number of benzene rings is 2. The van der Waals surface area contributed by atoms with E-state index in [2.05, 4.69) is 27.7 Å². The largest absolute Gasteiger partial charge is 0.207 e. The average Bonchev–Trinajstić information content (AvgIpc) is 2.79. The van der Waals surface area contributed by atoms with Crippen molar-refractivity contribution in [1.29, 1.82) is 0 Å². The van der Waals surface area contributed by atoms with Gasteiger partial charge in [-0.25, -0.2) is 8.78 Å². The van der Waals surface area contributed by atoms with Gasteiger partial charge in [0.2, 0.25) is 0 Å². The van der Waals surface area contributed by atoms with E-state index in [0.29, 0.717) is 11.1 Å². The molecular formula is C38H74F2. The minimum absolute atomic E-state index is 0. The zero-order chi connectivity index (χ0) is 25.7. The summed E-state index contributed by atoms with van der Waals surface area (Å²) in [5.41, 5.74) is 3.36. The molecule has 0 radical (unpaired) electrons. The Morgan fingerprint density at radius 3 is 0.775 bits per heavy atom. The summed E-state index contributed by atoms with van der Waals surface area (Å²) in [5.74, 6) is 3.85. The van der Waals surface area contributed by atoms with E-state index >= 15 is 0 Å². The molecule has 2 aromatic rings. The molecule has 0 aromatic heterocycles. The van der Waals surface area contributed by atoms with Gasteiger partial charge in [-0.05, 0) is 85.8 Å². The summed E-state index contributed by atoms with van der Waals surface area (Å²) < 4.78 is 25.2. The van der Waals surface area contributed by atoms with Gasteiger partial charge < -0.3 is 0 Å². The van der Waals surface area contributed by atoms with E-state index in [1.165, 1.54) is 63.5 Å². The van der Waals surface area contributed by atoms with Crippen LogP contribution in [0.25, 0.3) is 0 Å². The SMILES string of the molecule is C.C.C.C.C.C.CC1CCC(C)CC1.CC1CCC(C)CC1.Cc1ccc(C)c(F)c1.Cc1ccc(C)c(F)c1. The first-order chi connectivity index (χ1) is 16.0. The number of rotatable bonds is 0. The number of halogens is 2. The zero-order valence-corrected chi connectivity index (χ0v) is 23.2. The molecule has 0 heterocycles. The Labute approximate surface area is 253 Å². The Morgan fingerprint density at radius 1 is 0.425 bits per heavy atom. The third-order valence-corrected chi connectivity index (χ3v) is 7.26. The maximum absolute atomic E-state index is 12.6. The van der Waals surface area contributed by atoms with Gasteiger partial charge in [0.1, 0.15) is 11.6 Å². The minimum Gasteiger partial charge on any atom is -0.207 e. The Hall–Kier alpha value is -1.70. The highest BCUT2D eigenvalue weighted by Gasteiger charge is 2.13. The van der Waals surface area contributed by atoms with Crippen LogP contribution in [0.5, 0.6) is 0 Å². The van der Waals surface area contributed by atoms with Crippen molar-refractivity contribution in [1.82, 2.24) is 0 Å². The molecule has 40 heavy (non-hydrogen) atoms. The lowest BCUT2D eigenvalue weighted by Gasteiger charge is -2.22. The maximum atomic E-state index is 12.6. The summed E-state index contributed by atoms with van der Waals surface area (Å²) in [7, 11) is 0. The third-order valence-electron chi connectivity index (χ3n) is 7.26. The Bertz CT molecular complexity index is 721. The third kappa shape index (κ3) is 23.0. The van der Waals surface area contributed by atoms with Gasteiger partial charge in [0, 0.05) is 0 Å². The average molecular weight is 569 g/mol. The van der Waals surface area contributed by atoms with Crippen molar-refractivity contribution in [2.24, 2.45) is 23.7 Å². The number of hydrogen-bond donors (Lipinski definition) is 0. The molecule has 0 saturated heterocycles. The molecule has 0 aliphatic heterocycles. The lowest BCUT2D eigenvalue weighted by Crippen LogP contribution is -2.08. The van der Waals surface area contributed by atoms with Gasteiger partial charge in [0.25, 0.3) is 0 Å². The van der Waals surface area contributed by atoms with E-state index in [4.69, 9.17) is 0 Å². The number of hydrogen-bond acceptors (Lipinski definition) is 0. The van der Waals surface area contributed by atoms with Crippen molar-refractivity contribution < 1.29 is 8.78 Å². The molecule has 0 nitrogen and oxygen atoms in total. The Morgan fingerprint density at radius 2 is 0.625 bits per heavy atom. The summed E-state index contributed by atoms with van der Waals surface area (Å²) in [6.45, 7) is 16.7. The monoisotopic (exact) mass is 569 g/mol. The fourth-order valence-electron chi connectivity index (χ4n) is 4.25. The molecular weight excluding hydrogens is 494 g/mol. The van der Waals surface area contributed by atoms with Crippen LogP contribution in [-0.2, 0) is 0 Å². The van der Waals surface area contributed by atoms with Crippen LogP contribution in [0.3, 0.4) is 0 Å². The van der Waals surface area contributed by atoms with Gasteiger partial charge in [0.05, 0.1) is 0 Å². The fourth-order valence-corrected chi connectivity index (χ4v) is 4.25. The summed E-state index contributed by atoms with van der Waals surface area (Å²) in [6.07, 6.45) is 11.8. The van der Waals surface area contributed by atoms with Crippen LogP contribution in [-0.4, -0.2) is 0 Å². The zero-order valence-electron chi connectivity index (χ0n) is 23.2. The molecule has 240 valence electrons. The topological polar surface area (TPSA) is 0 Å². The van der Waals surface area contributed by atoms with Gasteiger partial charge in [-0.15, -0.1) is 0 Å². The Balaban J connectivity index is -0.0000000919. The van der Waals surface area contributed by atoms with Crippen molar-refractivity contribution in [3.05, 3.63) is 70.3 Å². The molecule has 2 heteroatoms. The van der Waals surface area contributed by atoms with Crippen molar-refractivity contribution in [2.45, 2.75) is 151 Å². The van der Waals surface area contributed by atoms with E-state index in [-0.39, 0.29) is 56.2 Å². The normalized spacial score (nSPS) is 20.2. The van der Waals surface area contributed by atoms with Gasteiger partial charge in [-0.2, -0.15) is 0 Å². The Kier molecular flexibility index (Phi) is 35.1. The van der Waals surface area contributed by atoms with Gasteiger partial charge in [-0.1, -0.05) is 148 Å². The van der Waals surface area contributed by atoms with E-state index in [1.54, 1.807) is 26.0 Å². The summed E-state index contributed by atoms with van der Waals surface area (Å²) in [4.78, 5) is 0. The highest BCUT2D eigenvalue weighted by molar-refractivity contribution is 5.22. The second kappa shape index (κ2) is 27.5. The van der Waals surface area contributed by atoms with Crippen LogP contribution < -0.4 is 0 Å². The van der Waals surface area contributed by atoms with E-state index in [9.17, 15) is 8.78 Å². The van der Waals surface area contributed by atoms with Gasteiger partial charge >= 0.3 is 0 Å². The van der Waals surface area contributed by atoms with Crippen LogP contribution in [0.2, 0.25) is 0 Å². The molecule has 2 aliphatic carbocycles. The fraction of sp³-hybridized carbons (Fsp3) is 0.684. The maximum Gasteiger partial charge on any atom is 0.126 e. The molecule has 0 amide bonds. The molecule has 2 saturated carbocycles. The van der Waals surface area contributed by atoms with Gasteiger partial charge in [0.15, 0.2) is 0 Å². The molecule has 4 rings (SSSR count). The number of aryl methyl sites for hydroxylation is 4. The van der Waals surface area contributed by atoms with Crippen LogP contribution in [0.1, 0.15) is 146 Å². The molecule has 0 N–H and O–H groups in total. The highest BCUT2D eigenvalue weighted by atomic mass is 19.1. The van der Waals surface area contributed by atoms with E-state index in [0.717, 1.165) is 34.8 Å². The summed E-state index contributed by atoms with van der Waals surface area (Å²) in [6, 6.07) is 10.4. The predicted molar refractivity (Wildman–Crippen MR) is 186 cm³/mol. The smallest absolute Gasteiger partial charge is 0.126 e. The quantitative estimate of drug-likeness (QED) is 0.296. The van der Waals surface area contributed by atoms with Crippen LogP contribution >= 0.6 is 0 Å². The van der Waals surface area contributed by atoms with Crippen molar-refractivity contribution in [3.8, 4) is 0 Å². The van der Waals surface area contributed by atoms with Crippen molar-refractivity contribution in [3.63, 3.8) is 0 Å². The molecule has 0 spiro atoms. The van der Waals surface area contributed by atoms with E-state index in [1.807, 2.05) is 26.0 Å². The van der Waals surface area contributed by atoms with Crippen LogP contribution in [0.15, 0.2) is 36.4 Å². The second-order valence-corrected chi connectivity index (χ2v) is 11.2. The first-order valence-corrected chi connectivity index (χ1v) is 13.4. The second-order valence-electron chi connectivity index (χ2n) is 11.2. The van der Waals surface area contributed by atoms with Crippen LogP contribution in [0, 0.1) is 63.0 Å². The molecule has 2 aromatic carbocycles. The molecule has 2 aliphatic rings. The summed E-state index contributed by atoms with van der Waals surface area (Å²) in [5, 5.41) is 0. The van der Waals surface area contributed by atoms with Gasteiger partial charge in [-0.3, -0.25) is 0 Å². The molecule has 0 atom stereocenters. The summed E-state index contributed by atoms with van der Waals surface area (Å²) >= 11 is 0. The lowest BCUT2D eigenvalue weighted by molar-refractivity contribution is 0.308. The van der Waals surface area contributed by atoms with Crippen molar-refractivity contribution in [2.75, 3.05) is 0 Å². The standard InChI is InChI=1S/2C8H9F.2C8H16.6CH4/c2*1-6-3-4-7(2)8(9)5-6;2*1-7-3-5-8(2)6-4-7;;;;;;/h2*3-5H,1-2H3;2*7-8H,3-6H2,1-2H3;6*1H4. The minimum atomic E-state index is -0.116. The predicted octanol–water partition coefficient (Wildman–Crippen LogP) is 14.4. The highest BCUT2D eigenvalue weighted by Crippen LogP contribution is 2.27. The first kappa shape index (κ1) is 51.1.